The van der Waals surface area contributed by atoms with Gasteiger partial charge in [0, 0.05) is 40.7 Å². The van der Waals surface area contributed by atoms with Crippen LogP contribution in [0.5, 0.6) is 0 Å². The van der Waals surface area contributed by atoms with E-state index in [1.54, 1.807) is 0 Å². The molecule has 204 valence electrons. The van der Waals surface area contributed by atoms with Gasteiger partial charge in [-0.25, -0.2) is 12.6 Å². The number of anilines is 6. The highest BCUT2D eigenvalue weighted by Gasteiger charge is 2.40. The molecule has 0 aliphatic heterocycles. The first-order valence-electron chi connectivity index (χ1n) is 11.7. The maximum absolute atomic E-state index is 12.5. The number of hydrogen-bond acceptors (Lipinski definition) is 6. The minimum atomic E-state index is -5.21. The summed E-state index contributed by atoms with van der Waals surface area (Å²) in [6.45, 7) is 2.73. The maximum atomic E-state index is 12.5. The molecule has 0 saturated heterocycles. The van der Waals surface area contributed by atoms with Crippen LogP contribution in [0.2, 0.25) is 0 Å². The lowest BCUT2D eigenvalue weighted by molar-refractivity contribution is -0.0389. The lowest BCUT2D eigenvalue weighted by Gasteiger charge is -2.25. The molecule has 0 spiro atoms. The first kappa shape index (κ1) is 28.1. The molecule has 3 N–H and O–H groups in total. The van der Waals surface area contributed by atoms with E-state index in [4.69, 9.17) is 0 Å². The highest BCUT2D eigenvalue weighted by atomic mass is 32.3. The molecule has 0 bridgehead atoms. The Balaban J connectivity index is 1.63. The molecule has 0 aliphatic carbocycles. The summed E-state index contributed by atoms with van der Waals surface area (Å²) in [5, 5.41) is 6.61. The SMILES string of the molecule is CCN(c1ccccc1)c1cc(Nc2ccccc2)cc(Nc2ccc(S(=O)(=O)NS(=O)C(F)(F)F)cc2)c1. The quantitative estimate of drug-likeness (QED) is 0.193. The Morgan fingerprint density at radius 2 is 1.23 bits per heavy atom. The molecule has 4 aromatic carbocycles. The summed E-state index contributed by atoms with van der Waals surface area (Å²) in [5.41, 5.74) is -0.442. The van der Waals surface area contributed by atoms with Crippen LogP contribution in [0.3, 0.4) is 0 Å². The first-order valence-corrected chi connectivity index (χ1v) is 14.4. The third-order valence-corrected chi connectivity index (χ3v) is 8.32. The van der Waals surface area contributed by atoms with Crippen molar-refractivity contribution in [3.05, 3.63) is 103 Å². The van der Waals surface area contributed by atoms with Crippen LogP contribution < -0.4 is 19.7 Å². The van der Waals surface area contributed by atoms with Crippen LogP contribution in [0.4, 0.5) is 47.3 Å². The van der Waals surface area contributed by atoms with Gasteiger partial charge in [-0.05, 0) is 73.7 Å². The Kier molecular flexibility index (Phi) is 8.58. The summed E-state index contributed by atoms with van der Waals surface area (Å²) in [7, 11) is -8.39. The molecule has 0 radical (unpaired) electrons. The average molecular weight is 575 g/mol. The molecule has 0 amide bonds. The molecule has 4 aromatic rings. The number of rotatable bonds is 10. The van der Waals surface area contributed by atoms with Crippen molar-refractivity contribution in [2.24, 2.45) is 0 Å². The van der Waals surface area contributed by atoms with Crippen molar-refractivity contribution in [3.63, 3.8) is 0 Å². The van der Waals surface area contributed by atoms with E-state index in [9.17, 15) is 25.8 Å². The minimum Gasteiger partial charge on any atom is -0.355 e. The van der Waals surface area contributed by atoms with E-state index >= 15 is 0 Å². The molecule has 1 atom stereocenters. The number of alkyl halides is 3. The molecule has 7 nitrogen and oxygen atoms in total. The van der Waals surface area contributed by atoms with E-state index < -0.39 is 31.4 Å². The molecule has 0 heterocycles. The number of sulfonamides is 1. The number of nitrogens with one attached hydrogen (secondary N) is 3. The number of benzene rings is 4. The number of halogens is 3. The Hall–Kier alpha value is -3.87. The molecule has 0 aromatic heterocycles. The van der Waals surface area contributed by atoms with Crippen molar-refractivity contribution in [2.45, 2.75) is 17.3 Å². The van der Waals surface area contributed by atoms with E-state index in [2.05, 4.69) is 15.5 Å². The van der Waals surface area contributed by atoms with E-state index in [-0.39, 0.29) is 0 Å². The van der Waals surface area contributed by atoms with Crippen LogP contribution in [0.1, 0.15) is 6.92 Å². The zero-order valence-corrected chi connectivity index (χ0v) is 22.3. The summed E-state index contributed by atoms with van der Waals surface area (Å²) in [6, 6.07) is 30.4. The second-order valence-electron chi connectivity index (χ2n) is 8.29. The normalized spacial score (nSPS) is 12.5. The van der Waals surface area contributed by atoms with Crippen molar-refractivity contribution in [3.8, 4) is 0 Å². The fourth-order valence-electron chi connectivity index (χ4n) is 3.80. The molecular weight excluding hydrogens is 549 g/mol. The Labute approximate surface area is 227 Å². The van der Waals surface area contributed by atoms with Crippen molar-refractivity contribution in [1.82, 2.24) is 4.13 Å². The molecule has 1 unspecified atom stereocenters. The first-order chi connectivity index (χ1) is 18.5. The monoisotopic (exact) mass is 574 g/mol. The standard InChI is InChI=1S/C27H25F3N4O3S2/c1-2-34(24-11-7-4-8-12-24)25-18-22(31-20-9-5-3-6-10-20)17-23(19-25)32-21-13-15-26(16-14-21)39(36,37)33-38(35)27(28,29)30/h3-19,31-33H,2H2,1H3. The van der Waals surface area contributed by atoms with Gasteiger partial charge in [0.2, 0.25) is 11.0 Å². The fraction of sp³-hybridized carbons (Fsp3) is 0.111. The predicted molar refractivity (Wildman–Crippen MR) is 150 cm³/mol. The molecule has 0 aliphatic rings. The molecule has 0 saturated carbocycles. The highest BCUT2D eigenvalue weighted by Crippen LogP contribution is 2.33. The topological polar surface area (TPSA) is 90.5 Å². The van der Waals surface area contributed by atoms with Gasteiger partial charge < -0.3 is 15.5 Å². The minimum absolute atomic E-state index is 0.452. The van der Waals surface area contributed by atoms with Crippen LogP contribution in [0.25, 0.3) is 0 Å². The van der Waals surface area contributed by atoms with Crippen LogP contribution >= 0.6 is 0 Å². The number of nitrogens with zero attached hydrogens (tertiary/aromatic N) is 1. The van der Waals surface area contributed by atoms with Crippen molar-refractivity contribution in [1.29, 1.82) is 0 Å². The number of hydrogen-bond donors (Lipinski definition) is 3. The Bertz CT molecular complexity index is 1530. The second-order valence-corrected chi connectivity index (χ2v) is 11.4. The third-order valence-electron chi connectivity index (χ3n) is 5.52. The smallest absolute Gasteiger partial charge is 0.355 e. The molecule has 4 rings (SSSR count). The zero-order chi connectivity index (χ0) is 28.0. The van der Waals surface area contributed by atoms with Gasteiger partial charge in [-0.1, -0.05) is 36.4 Å². The van der Waals surface area contributed by atoms with Gasteiger partial charge >= 0.3 is 5.51 Å². The zero-order valence-electron chi connectivity index (χ0n) is 20.6. The maximum Gasteiger partial charge on any atom is 0.486 e. The summed E-state index contributed by atoms with van der Waals surface area (Å²) in [5.74, 6) is 0. The van der Waals surface area contributed by atoms with Crippen molar-refractivity contribution in [2.75, 3.05) is 22.1 Å². The molecule has 12 heteroatoms. The highest BCUT2D eigenvalue weighted by molar-refractivity contribution is 8.02. The Morgan fingerprint density at radius 3 is 1.74 bits per heavy atom. The van der Waals surface area contributed by atoms with Crippen molar-refractivity contribution >= 4 is 55.1 Å². The average Bonchev–Trinajstić information content (AvgIpc) is 2.90. The van der Waals surface area contributed by atoms with Crippen LogP contribution in [-0.4, -0.2) is 24.7 Å². The summed E-state index contributed by atoms with van der Waals surface area (Å²) in [4.78, 5) is 1.68. The van der Waals surface area contributed by atoms with E-state index in [0.717, 1.165) is 39.0 Å². The van der Waals surface area contributed by atoms with E-state index in [1.165, 1.54) is 12.1 Å². The summed E-state index contributed by atoms with van der Waals surface area (Å²) in [6.07, 6.45) is 0. The van der Waals surface area contributed by atoms with Gasteiger partial charge in [0.15, 0.2) is 0 Å². The van der Waals surface area contributed by atoms with E-state index in [1.807, 2.05) is 85.8 Å². The largest absolute Gasteiger partial charge is 0.486 e. The van der Waals surface area contributed by atoms with Crippen LogP contribution in [0, 0.1) is 0 Å². The van der Waals surface area contributed by atoms with Crippen LogP contribution in [-0.2, 0) is 21.0 Å². The van der Waals surface area contributed by atoms with Gasteiger partial charge in [-0.15, -0.1) is 4.13 Å². The van der Waals surface area contributed by atoms with Gasteiger partial charge in [0.05, 0.1) is 4.90 Å². The van der Waals surface area contributed by atoms with Gasteiger partial charge in [0.25, 0.3) is 10.0 Å². The molecule has 0 fully saturated rings. The summed E-state index contributed by atoms with van der Waals surface area (Å²) >= 11 is 0. The van der Waals surface area contributed by atoms with Gasteiger partial charge in [0.1, 0.15) is 0 Å². The fourth-order valence-corrected chi connectivity index (χ4v) is 5.86. The molecule has 39 heavy (non-hydrogen) atoms. The predicted octanol–water partition coefficient (Wildman–Crippen LogP) is 6.79. The lowest BCUT2D eigenvalue weighted by atomic mass is 10.1. The van der Waals surface area contributed by atoms with Gasteiger partial charge in [-0.2, -0.15) is 13.2 Å². The number of para-hydroxylation sites is 2. The lowest BCUT2D eigenvalue weighted by Crippen LogP contribution is -2.34. The van der Waals surface area contributed by atoms with Gasteiger partial charge in [-0.3, -0.25) is 0 Å². The molecular formula is C27H25F3N4O3S2. The van der Waals surface area contributed by atoms with Crippen LogP contribution in [0.15, 0.2) is 108 Å². The second kappa shape index (κ2) is 11.9. The van der Waals surface area contributed by atoms with E-state index in [0.29, 0.717) is 17.9 Å². The van der Waals surface area contributed by atoms with Crippen molar-refractivity contribution < 1.29 is 25.8 Å². The third kappa shape index (κ3) is 7.37. The Morgan fingerprint density at radius 1 is 0.718 bits per heavy atom. The summed E-state index contributed by atoms with van der Waals surface area (Å²) < 4.78 is 74.5.